The van der Waals surface area contributed by atoms with Crippen LogP contribution >= 0.6 is 0 Å². The molecule has 0 aromatic heterocycles. The van der Waals surface area contributed by atoms with Crippen molar-refractivity contribution in [3.63, 3.8) is 0 Å². The lowest BCUT2D eigenvalue weighted by molar-refractivity contribution is -0.123. The Morgan fingerprint density at radius 2 is 2.21 bits per heavy atom. The van der Waals surface area contributed by atoms with Crippen LogP contribution in [0.1, 0.15) is 47.0 Å². The van der Waals surface area contributed by atoms with Crippen molar-refractivity contribution in [2.75, 3.05) is 13.1 Å². The Morgan fingerprint density at radius 3 is 2.68 bits per heavy atom. The van der Waals surface area contributed by atoms with Gasteiger partial charge in [0.2, 0.25) is 5.91 Å². The Hall–Kier alpha value is -1.26. The van der Waals surface area contributed by atoms with Gasteiger partial charge < -0.3 is 15.4 Å². The SMILES string of the molecule is CCC[C@H](CNC(=O)OC(C)(C)C)[C@H]1CCNC1=O. The van der Waals surface area contributed by atoms with Crippen LogP contribution in [0.2, 0.25) is 0 Å². The first kappa shape index (κ1) is 15.8. The van der Waals surface area contributed by atoms with Gasteiger partial charge in [-0.3, -0.25) is 4.79 Å². The van der Waals surface area contributed by atoms with Crippen molar-refractivity contribution in [2.24, 2.45) is 11.8 Å². The molecule has 1 saturated heterocycles. The van der Waals surface area contributed by atoms with Gasteiger partial charge in [-0.1, -0.05) is 13.3 Å². The lowest BCUT2D eigenvalue weighted by Crippen LogP contribution is -2.38. The Labute approximate surface area is 115 Å². The fraction of sp³-hybridized carbons (Fsp3) is 0.857. The predicted octanol–water partition coefficient (Wildman–Crippen LogP) is 2.06. The van der Waals surface area contributed by atoms with Crippen LogP contribution in [0, 0.1) is 11.8 Å². The average Bonchev–Trinajstić information content (AvgIpc) is 2.68. The van der Waals surface area contributed by atoms with Crippen molar-refractivity contribution in [3.05, 3.63) is 0 Å². The number of alkyl carbamates (subject to hydrolysis) is 1. The van der Waals surface area contributed by atoms with Crippen molar-refractivity contribution in [2.45, 2.75) is 52.6 Å². The molecule has 0 saturated carbocycles. The normalized spacial score (nSPS) is 20.8. The molecule has 5 heteroatoms. The summed E-state index contributed by atoms with van der Waals surface area (Å²) in [7, 11) is 0. The minimum absolute atomic E-state index is 0.0230. The largest absolute Gasteiger partial charge is 0.444 e. The number of nitrogens with one attached hydrogen (secondary N) is 2. The summed E-state index contributed by atoms with van der Waals surface area (Å²) < 4.78 is 5.21. The molecule has 19 heavy (non-hydrogen) atoms. The minimum atomic E-state index is -0.491. The highest BCUT2D eigenvalue weighted by atomic mass is 16.6. The summed E-state index contributed by atoms with van der Waals surface area (Å²) in [5.41, 5.74) is -0.491. The van der Waals surface area contributed by atoms with Crippen LogP contribution in [-0.2, 0) is 9.53 Å². The number of hydrogen-bond acceptors (Lipinski definition) is 3. The number of ether oxygens (including phenoxy) is 1. The quantitative estimate of drug-likeness (QED) is 0.803. The zero-order valence-electron chi connectivity index (χ0n) is 12.4. The lowest BCUT2D eigenvalue weighted by Gasteiger charge is -2.24. The Kier molecular flexibility index (Phi) is 5.63. The summed E-state index contributed by atoms with van der Waals surface area (Å²) in [6.07, 6.45) is 2.39. The van der Waals surface area contributed by atoms with Gasteiger partial charge in [-0.2, -0.15) is 0 Å². The average molecular weight is 270 g/mol. The molecule has 2 atom stereocenters. The third kappa shape index (κ3) is 5.49. The van der Waals surface area contributed by atoms with Crippen LogP contribution in [0.4, 0.5) is 4.79 Å². The molecular formula is C14H26N2O3. The van der Waals surface area contributed by atoms with Crippen molar-refractivity contribution < 1.29 is 14.3 Å². The van der Waals surface area contributed by atoms with Crippen molar-refractivity contribution in [3.8, 4) is 0 Å². The van der Waals surface area contributed by atoms with Gasteiger partial charge in [0, 0.05) is 19.0 Å². The zero-order valence-corrected chi connectivity index (χ0v) is 12.4. The third-order valence-electron chi connectivity index (χ3n) is 3.23. The predicted molar refractivity (Wildman–Crippen MR) is 73.8 cm³/mol. The van der Waals surface area contributed by atoms with Crippen LogP contribution in [-0.4, -0.2) is 30.7 Å². The molecule has 2 amide bonds. The Bertz CT molecular complexity index is 323. The van der Waals surface area contributed by atoms with Crippen molar-refractivity contribution in [1.82, 2.24) is 10.6 Å². The van der Waals surface area contributed by atoms with Gasteiger partial charge in [0.25, 0.3) is 0 Å². The molecular weight excluding hydrogens is 244 g/mol. The molecule has 0 spiro atoms. The number of hydrogen-bond donors (Lipinski definition) is 2. The van der Waals surface area contributed by atoms with E-state index in [1.54, 1.807) is 0 Å². The second-order valence-corrected chi connectivity index (χ2v) is 6.12. The van der Waals surface area contributed by atoms with Gasteiger partial charge in [0.15, 0.2) is 0 Å². The molecule has 5 nitrogen and oxygen atoms in total. The highest BCUT2D eigenvalue weighted by molar-refractivity contribution is 5.81. The van der Waals surface area contributed by atoms with E-state index in [0.717, 1.165) is 25.8 Å². The molecule has 1 rings (SSSR count). The summed E-state index contributed by atoms with van der Waals surface area (Å²) >= 11 is 0. The van der Waals surface area contributed by atoms with Crippen LogP contribution in [0.15, 0.2) is 0 Å². The monoisotopic (exact) mass is 270 g/mol. The van der Waals surface area contributed by atoms with E-state index in [-0.39, 0.29) is 17.7 Å². The van der Waals surface area contributed by atoms with E-state index in [1.807, 2.05) is 20.8 Å². The standard InChI is InChI=1S/C14H26N2O3/c1-5-6-10(11-7-8-15-12(11)17)9-16-13(18)19-14(2,3)4/h10-11H,5-9H2,1-4H3,(H,15,17)(H,16,18)/t10-,11-/m1/s1. The van der Waals surface area contributed by atoms with Crippen LogP contribution in [0.5, 0.6) is 0 Å². The highest BCUT2D eigenvalue weighted by Gasteiger charge is 2.32. The number of amides is 2. The maximum atomic E-state index is 11.7. The van der Waals surface area contributed by atoms with E-state index >= 15 is 0 Å². The molecule has 1 aliphatic heterocycles. The number of carbonyl (C=O) groups is 2. The van der Waals surface area contributed by atoms with Gasteiger partial charge in [-0.05, 0) is 39.5 Å². The fourth-order valence-electron chi connectivity index (χ4n) is 2.41. The topological polar surface area (TPSA) is 67.4 Å². The van der Waals surface area contributed by atoms with E-state index in [2.05, 4.69) is 17.6 Å². The molecule has 110 valence electrons. The summed E-state index contributed by atoms with van der Waals surface area (Å²) in [5.74, 6) is 0.333. The second kappa shape index (κ2) is 6.78. The lowest BCUT2D eigenvalue weighted by atomic mass is 9.87. The van der Waals surface area contributed by atoms with Crippen LogP contribution < -0.4 is 10.6 Å². The molecule has 0 aliphatic carbocycles. The van der Waals surface area contributed by atoms with Gasteiger partial charge in [-0.25, -0.2) is 4.79 Å². The molecule has 1 fully saturated rings. The third-order valence-corrected chi connectivity index (χ3v) is 3.23. The maximum absolute atomic E-state index is 11.7. The number of rotatable bonds is 5. The number of carbonyl (C=O) groups excluding carboxylic acids is 2. The molecule has 1 aliphatic rings. The van der Waals surface area contributed by atoms with Crippen molar-refractivity contribution in [1.29, 1.82) is 0 Å². The summed E-state index contributed by atoms with van der Waals surface area (Å²) in [5, 5.41) is 5.63. The molecule has 0 bridgehead atoms. The molecule has 0 aromatic rings. The second-order valence-electron chi connectivity index (χ2n) is 6.12. The van der Waals surface area contributed by atoms with Crippen LogP contribution in [0.3, 0.4) is 0 Å². The van der Waals surface area contributed by atoms with Crippen LogP contribution in [0.25, 0.3) is 0 Å². The van der Waals surface area contributed by atoms with Gasteiger partial charge >= 0.3 is 6.09 Å². The summed E-state index contributed by atoms with van der Waals surface area (Å²) in [6.45, 7) is 8.84. The molecule has 0 radical (unpaired) electrons. The zero-order chi connectivity index (χ0) is 14.5. The smallest absolute Gasteiger partial charge is 0.407 e. The van der Waals surface area contributed by atoms with Gasteiger partial charge in [0.05, 0.1) is 0 Å². The molecule has 1 heterocycles. The first-order valence-electron chi connectivity index (χ1n) is 7.08. The summed E-state index contributed by atoms with van der Waals surface area (Å²) in [6, 6.07) is 0. The highest BCUT2D eigenvalue weighted by Crippen LogP contribution is 2.24. The molecule has 2 N–H and O–H groups in total. The molecule has 0 aromatic carbocycles. The van der Waals surface area contributed by atoms with E-state index in [1.165, 1.54) is 0 Å². The van der Waals surface area contributed by atoms with E-state index in [4.69, 9.17) is 4.74 Å². The van der Waals surface area contributed by atoms with Crippen molar-refractivity contribution >= 4 is 12.0 Å². The minimum Gasteiger partial charge on any atom is -0.444 e. The van der Waals surface area contributed by atoms with Gasteiger partial charge in [0.1, 0.15) is 5.60 Å². The van der Waals surface area contributed by atoms with E-state index in [0.29, 0.717) is 6.54 Å². The molecule has 0 unspecified atom stereocenters. The summed E-state index contributed by atoms with van der Waals surface area (Å²) in [4.78, 5) is 23.3. The van der Waals surface area contributed by atoms with E-state index in [9.17, 15) is 9.59 Å². The maximum Gasteiger partial charge on any atom is 0.407 e. The first-order valence-corrected chi connectivity index (χ1v) is 7.08. The van der Waals surface area contributed by atoms with E-state index < -0.39 is 11.7 Å². The van der Waals surface area contributed by atoms with Gasteiger partial charge in [-0.15, -0.1) is 0 Å². The Morgan fingerprint density at radius 1 is 1.53 bits per heavy atom. The fourth-order valence-corrected chi connectivity index (χ4v) is 2.41. The first-order chi connectivity index (χ1) is 8.83. The Balaban J connectivity index is 2.45.